The van der Waals surface area contributed by atoms with Crippen LogP contribution in [0.2, 0.25) is 0 Å². The first-order chi connectivity index (χ1) is 13.0. The van der Waals surface area contributed by atoms with Crippen molar-refractivity contribution in [2.75, 3.05) is 38.6 Å². The van der Waals surface area contributed by atoms with Gasteiger partial charge in [0.2, 0.25) is 0 Å². The molecule has 2 N–H and O–H groups in total. The average molecular weight is 416 g/mol. The fraction of sp³-hybridized carbons (Fsp3) is 0.556. The van der Waals surface area contributed by atoms with Gasteiger partial charge >= 0.3 is 7.60 Å². The molecule has 1 atom stereocenters. The summed E-state index contributed by atoms with van der Waals surface area (Å²) in [5.41, 5.74) is 0.659. The third kappa shape index (κ3) is 8.52. The van der Waals surface area contributed by atoms with Crippen molar-refractivity contribution in [1.82, 2.24) is 10.6 Å². The highest BCUT2D eigenvalue weighted by molar-refractivity contribution is 7.53. The molecule has 0 aliphatic rings. The molecule has 0 heterocycles. The Bertz CT molecular complexity index is 644. The normalized spacial score (nSPS) is 11.2. The minimum atomic E-state index is -3.11. The molecule has 1 aromatic rings. The molecule has 0 radical (unpaired) electrons. The predicted molar refractivity (Wildman–Crippen MR) is 111 cm³/mol. The van der Waals surface area contributed by atoms with Crippen molar-refractivity contribution in [2.45, 2.75) is 26.7 Å². The molecule has 0 saturated heterocycles. The molecule has 27 heavy (non-hydrogen) atoms. The molecule has 0 aliphatic heterocycles. The summed E-state index contributed by atoms with van der Waals surface area (Å²) in [7, 11) is -0.503. The molecule has 1 rings (SSSR count). The Kier molecular flexibility index (Phi) is 11.5. The summed E-state index contributed by atoms with van der Waals surface area (Å²) in [4.78, 5) is 24.7. The van der Waals surface area contributed by atoms with E-state index in [4.69, 9.17) is 9.05 Å². The Labute approximate surface area is 163 Å². The molecular formula is C18H30N2O5P2. The highest BCUT2D eigenvalue weighted by atomic mass is 31.2. The number of carbonyl (C=O) groups excluding carboxylic acids is 2. The third-order valence-corrected chi connectivity index (χ3v) is 6.20. The van der Waals surface area contributed by atoms with Crippen LogP contribution in [0.25, 0.3) is 0 Å². The van der Waals surface area contributed by atoms with Crippen LogP contribution < -0.4 is 10.6 Å². The van der Waals surface area contributed by atoms with Crippen molar-refractivity contribution in [3.8, 4) is 0 Å². The molecule has 2 amide bonds. The second-order valence-electron chi connectivity index (χ2n) is 5.72. The molecule has 9 heteroatoms. The second-order valence-corrected chi connectivity index (χ2v) is 8.49. The summed E-state index contributed by atoms with van der Waals surface area (Å²) in [5, 5.41) is 5.57. The van der Waals surface area contributed by atoms with Crippen LogP contribution in [0.5, 0.6) is 0 Å². The topological polar surface area (TPSA) is 93.7 Å². The minimum Gasteiger partial charge on any atom is -0.352 e. The van der Waals surface area contributed by atoms with E-state index in [0.717, 1.165) is 12.6 Å². The van der Waals surface area contributed by atoms with E-state index >= 15 is 0 Å². The maximum Gasteiger partial charge on any atom is 0.330 e. The molecule has 0 aliphatic carbocycles. The van der Waals surface area contributed by atoms with Gasteiger partial charge in [-0.25, -0.2) is 0 Å². The highest BCUT2D eigenvalue weighted by Crippen LogP contribution is 2.48. The largest absolute Gasteiger partial charge is 0.352 e. The van der Waals surface area contributed by atoms with E-state index < -0.39 is 7.60 Å². The van der Waals surface area contributed by atoms with Crippen LogP contribution in [-0.2, 0) is 13.6 Å². The number of hydrogen-bond donors (Lipinski definition) is 2. The van der Waals surface area contributed by atoms with Crippen LogP contribution >= 0.6 is 16.8 Å². The zero-order valence-electron chi connectivity index (χ0n) is 16.0. The van der Waals surface area contributed by atoms with Gasteiger partial charge in [0, 0.05) is 13.1 Å². The van der Waals surface area contributed by atoms with Gasteiger partial charge in [0.15, 0.2) is 0 Å². The fourth-order valence-electron chi connectivity index (χ4n) is 2.41. The molecule has 0 aromatic heterocycles. The van der Waals surface area contributed by atoms with E-state index in [9.17, 15) is 14.2 Å². The summed E-state index contributed by atoms with van der Waals surface area (Å²) in [6.07, 6.45) is 2.43. The maximum absolute atomic E-state index is 12.4. The Balaban J connectivity index is 2.60. The first-order valence-electron chi connectivity index (χ1n) is 9.21. The Morgan fingerprint density at radius 3 is 1.89 bits per heavy atom. The molecule has 152 valence electrons. The van der Waals surface area contributed by atoms with Crippen molar-refractivity contribution < 1.29 is 23.2 Å². The molecule has 0 spiro atoms. The van der Waals surface area contributed by atoms with Gasteiger partial charge in [0.05, 0.1) is 30.5 Å². The van der Waals surface area contributed by atoms with Crippen LogP contribution in [0.3, 0.4) is 0 Å². The first-order valence-corrected chi connectivity index (χ1v) is 11.8. The summed E-state index contributed by atoms with van der Waals surface area (Å²) in [5.74, 6) is -0.606. The number of carbonyl (C=O) groups is 2. The van der Waals surface area contributed by atoms with Gasteiger partial charge in [-0.1, -0.05) is 12.1 Å². The summed E-state index contributed by atoms with van der Waals surface area (Å²) in [6, 6.07) is 6.68. The van der Waals surface area contributed by atoms with Crippen LogP contribution in [0, 0.1) is 0 Å². The lowest BCUT2D eigenvalue weighted by atomic mass is 10.1. The molecule has 1 unspecified atom stereocenters. The van der Waals surface area contributed by atoms with Crippen LogP contribution in [-0.4, -0.2) is 50.4 Å². The minimum absolute atomic E-state index is 0.228. The van der Waals surface area contributed by atoms with E-state index in [-0.39, 0.29) is 18.0 Å². The SMILES string of the molecule is CCOP(=O)(CCCNC(=O)c1ccccc1C(=O)NCCCP)OCC. The molecule has 1 aromatic carbocycles. The standard InChI is InChI=1S/C18H30N2O5P2/c1-3-24-27(23,25-4-2)14-8-12-20-18(22)16-10-6-5-9-15(16)17(21)19-11-7-13-26/h5-6,9-10H,3-4,7-8,11-14,26H2,1-2H3,(H,19,21)(H,20,22). The molecule has 7 nitrogen and oxygen atoms in total. The zero-order chi connectivity index (χ0) is 20.1. The lowest BCUT2D eigenvalue weighted by Gasteiger charge is -2.17. The quantitative estimate of drug-likeness (QED) is 0.381. The third-order valence-electron chi connectivity index (χ3n) is 3.63. The Morgan fingerprint density at radius 2 is 1.44 bits per heavy atom. The number of amides is 2. The van der Waals surface area contributed by atoms with Gasteiger partial charge in [-0.15, -0.1) is 9.24 Å². The number of hydrogen-bond acceptors (Lipinski definition) is 5. The van der Waals surface area contributed by atoms with Crippen LogP contribution in [0.1, 0.15) is 47.4 Å². The number of benzene rings is 1. The predicted octanol–water partition coefficient (Wildman–Crippen LogP) is 3.07. The smallest absolute Gasteiger partial charge is 0.330 e. The number of nitrogens with one attached hydrogen (secondary N) is 2. The number of rotatable bonds is 13. The second kappa shape index (κ2) is 13.0. The van der Waals surface area contributed by atoms with Crippen molar-refractivity contribution in [3.05, 3.63) is 35.4 Å². The zero-order valence-corrected chi connectivity index (χ0v) is 18.1. The molecular weight excluding hydrogens is 386 g/mol. The van der Waals surface area contributed by atoms with Gasteiger partial charge in [0.25, 0.3) is 11.8 Å². The van der Waals surface area contributed by atoms with Gasteiger partial charge in [0.1, 0.15) is 0 Å². The van der Waals surface area contributed by atoms with E-state index in [1.807, 2.05) is 0 Å². The monoisotopic (exact) mass is 416 g/mol. The summed E-state index contributed by atoms with van der Waals surface area (Å²) < 4.78 is 22.8. The van der Waals surface area contributed by atoms with Crippen molar-refractivity contribution in [1.29, 1.82) is 0 Å². The van der Waals surface area contributed by atoms with Gasteiger partial charge in [-0.3, -0.25) is 14.2 Å². The van der Waals surface area contributed by atoms with Gasteiger partial charge in [-0.2, -0.15) is 0 Å². The first kappa shape index (κ1) is 23.8. The van der Waals surface area contributed by atoms with Gasteiger partial charge in [-0.05, 0) is 45.0 Å². The maximum atomic E-state index is 12.4. The van der Waals surface area contributed by atoms with Crippen molar-refractivity contribution >= 4 is 28.6 Å². The van der Waals surface area contributed by atoms with E-state index in [0.29, 0.717) is 43.9 Å². The summed E-state index contributed by atoms with van der Waals surface area (Å²) >= 11 is 0. The fourth-order valence-corrected chi connectivity index (χ4v) is 4.28. The summed E-state index contributed by atoms with van der Waals surface area (Å²) in [6.45, 7) is 5.00. The average Bonchev–Trinajstić information content (AvgIpc) is 2.65. The van der Waals surface area contributed by atoms with Gasteiger partial charge < -0.3 is 19.7 Å². The van der Waals surface area contributed by atoms with E-state index in [1.165, 1.54) is 0 Å². The molecule has 0 saturated carbocycles. The Hall–Kier alpha value is -1.26. The van der Waals surface area contributed by atoms with Crippen molar-refractivity contribution in [3.63, 3.8) is 0 Å². The van der Waals surface area contributed by atoms with Crippen molar-refractivity contribution in [2.24, 2.45) is 0 Å². The van der Waals surface area contributed by atoms with Crippen LogP contribution in [0.15, 0.2) is 24.3 Å². The Morgan fingerprint density at radius 1 is 0.963 bits per heavy atom. The van der Waals surface area contributed by atoms with Crippen LogP contribution in [0.4, 0.5) is 0 Å². The lowest BCUT2D eigenvalue weighted by molar-refractivity contribution is 0.0919. The molecule has 0 fully saturated rings. The highest BCUT2D eigenvalue weighted by Gasteiger charge is 2.23. The van der Waals surface area contributed by atoms with E-state index in [1.54, 1.807) is 38.1 Å². The lowest BCUT2D eigenvalue weighted by Crippen LogP contribution is -2.30. The molecule has 0 bridgehead atoms. The van der Waals surface area contributed by atoms with E-state index in [2.05, 4.69) is 19.9 Å².